The first kappa shape index (κ1) is 14.4. The number of benzene rings is 1. The minimum Gasteiger partial charge on any atom is -0.469 e. The van der Waals surface area contributed by atoms with Crippen molar-refractivity contribution in [3.8, 4) is 0 Å². The van der Waals surface area contributed by atoms with Gasteiger partial charge in [0.05, 0.1) is 19.6 Å². The smallest absolute Gasteiger partial charge is 0.307 e. The van der Waals surface area contributed by atoms with Crippen LogP contribution in [0.3, 0.4) is 0 Å². The van der Waals surface area contributed by atoms with Crippen molar-refractivity contribution in [2.75, 3.05) is 13.0 Å². The fourth-order valence-electron chi connectivity index (χ4n) is 1.43. The largest absolute Gasteiger partial charge is 0.469 e. The van der Waals surface area contributed by atoms with Gasteiger partial charge in [-0.1, -0.05) is 12.1 Å². The van der Waals surface area contributed by atoms with Gasteiger partial charge in [0.25, 0.3) is 0 Å². The Kier molecular flexibility index (Phi) is 5.58. The normalized spacial score (nSPS) is 11.7. The molecule has 0 aliphatic carbocycles. The standard InChI is InChI=1S/C12H13ClFNO3/c1-18-12(17)6-10(15-11(16)7-13)8-2-4-9(14)5-3-8/h2-5,10H,6-7H2,1H3,(H,15,16)/t10-/m1/s1. The molecule has 0 aromatic heterocycles. The second-order valence-electron chi connectivity index (χ2n) is 3.59. The number of hydrogen-bond acceptors (Lipinski definition) is 3. The van der Waals surface area contributed by atoms with Crippen LogP contribution in [0.5, 0.6) is 0 Å². The third-order valence-electron chi connectivity index (χ3n) is 2.33. The van der Waals surface area contributed by atoms with E-state index in [0.717, 1.165) is 0 Å². The Labute approximate surface area is 109 Å². The lowest BCUT2D eigenvalue weighted by molar-refractivity contribution is -0.141. The molecule has 0 unspecified atom stereocenters. The van der Waals surface area contributed by atoms with E-state index in [9.17, 15) is 14.0 Å². The van der Waals surface area contributed by atoms with Gasteiger partial charge >= 0.3 is 5.97 Å². The maximum absolute atomic E-state index is 12.8. The summed E-state index contributed by atoms with van der Waals surface area (Å²) in [4.78, 5) is 22.5. The molecule has 1 aromatic rings. The van der Waals surface area contributed by atoms with Crippen molar-refractivity contribution < 1.29 is 18.7 Å². The summed E-state index contributed by atoms with van der Waals surface area (Å²) in [6.45, 7) is 0. The number of alkyl halides is 1. The number of amides is 1. The van der Waals surface area contributed by atoms with Crippen molar-refractivity contribution in [1.29, 1.82) is 0 Å². The molecule has 0 saturated carbocycles. The summed E-state index contributed by atoms with van der Waals surface area (Å²) in [7, 11) is 1.26. The van der Waals surface area contributed by atoms with Crippen LogP contribution in [0, 0.1) is 5.82 Å². The third kappa shape index (κ3) is 4.33. The molecule has 0 bridgehead atoms. The fourth-order valence-corrected chi connectivity index (χ4v) is 1.51. The van der Waals surface area contributed by atoms with Crippen molar-refractivity contribution in [2.24, 2.45) is 0 Å². The van der Waals surface area contributed by atoms with E-state index in [2.05, 4.69) is 10.1 Å². The Morgan fingerprint density at radius 1 is 1.39 bits per heavy atom. The van der Waals surface area contributed by atoms with E-state index in [1.165, 1.54) is 31.4 Å². The zero-order chi connectivity index (χ0) is 13.5. The summed E-state index contributed by atoms with van der Waals surface area (Å²) in [6.07, 6.45) is -0.0369. The molecule has 4 nitrogen and oxygen atoms in total. The SMILES string of the molecule is COC(=O)C[C@@H](NC(=O)CCl)c1ccc(F)cc1. The van der Waals surface area contributed by atoms with E-state index < -0.39 is 17.9 Å². The van der Waals surface area contributed by atoms with E-state index in [1.54, 1.807) is 0 Å². The van der Waals surface area contributed by atoms with Gasteiger partial charge in [-0.15, -0.1) is 11.6 Å². The van der Waals surface area contributed by atoms with Gasteiger partial charge in [0.1, 0.15) is 11.7 Å². The Morgan fingerprint density at radius 2 is 2.00 bits per heavy atom. The van der Waals surface area contributed by atoms with Crippen LogP contribution >= 0.6 is 11.6 Å². The zero-order valence-corrected chi connectivity index (χ0v) is 10.5. The number of rotatable bonds is 5. The van der Waals surface area contributed by atoms with Crippen LogP contribution in [0.2, 0.25) is 0 Å². The molecular formula is C12H13ClFNO3. The summed E-state index contributed by atoms with van der Waals surface area (Å²) >= 11 is 5.39. The topological polar surface area (TPSA) is 55.4 Å². The van der Waals surface area contributed by atoms with E-state index >= 15 is 0 Å². The van der Waals surface area contributed by atoms with Gasteiger partial charge in [0, 0.05) is 0 Å². The minimum atomic E-state index is -0.579. The highest BCUT2D eigenvalue weighted by atomic mass is 35.5. The highest BCUT2D eigenvalue weighted by molar-refractivity contribution is 6.27. The Hall–Kier alpha value is -1.62. The fraction of sp³-hybridized carbons (Fsp3) is 0.333. The maximum Gasteiger partial charge on any atom is 0.307 e. The van der Waals surface area contributed by atoms with Crippen LogP contribution in [0.1, 0.15) is 18.0 Å². The molecule has 1 atom stereocenters. The van der Waals surface area contributed by atoms with Crippen molar-refractivity contribution in [3.63, 3.8) is 0 Å². The lowest BCUT2D eigenvalue weighted by Gasteiger charge is -2.17. The molecule has 18 heavy (non-hydrogen) atoms. The van der Waals surface area contributed by atoms with Gasteiger partial charge in [-0.25, -0.2) is 4.39 Å². The van der Waals surface area contributed by atoms with Gasteiger partial charge in [0.2, 0.25) is 5.91 Å². The Morgan fingerprint density at radius 3 is 2.50 bits per heavy atom. The predicted octanol–water partition coefficient (Wildman–Crippen LogP) is 1.78. The van der Waals surface area contributed by atoms with Crippen LogP contribution in [0.4, 0.5) is 4.39 Å². The van der Waals surface area contributed by atoms with Crippen LogP contribution in [-0.4, -0.2) is 24.9 Å². The molecule has 1 N–H and O–H groups in total. The third-order valence-corrected chi connectivity index (χ3v) is 2.57. The lowest BCUT2D eigenvalue weighted by atomic mass is 10.0. The van der Waals surface area contributed by atoms with Gasteiger partial charge < -0.3 is 10.1 Å². The second kappa shape index (κ2) is 6.96. The van der Waals surface area contributed by atoms with Crippen LogP contribution in [-0.2, 0) is 14.3 Å². The molecule has 1 rings (SSSR count). The number of halogens is 2. The number of hydrogen-bond donors (Lipinski definition) is 1. The van der Waals surface area contributed by atoms with Crippen molar-refractivity contribution in [1.82, 2.24) is 5.32 Å². The number of carbonyl (C=O) groups excluding carboxylic acids is 2. The van der Waals surface area contributed by atoms with Crippen molar-refractivity contribution >= 4 is 23.5 Å². The minimum absolute atomic E-state index is 0.0369. The number of ether oxygens (including phenoxy) is 1. The summed E-state index contributed by atoms with van der Waals surface area (Å²) in [5.41, 5.74) is 0.611. The molecule has 0 radical (unpaired) electrons. The Balaban J connectivity index is 2.85. The molecule has 0 aliphatic rings. The molecule has 0 heterocycles. The first-order chi connectivity index (χ1) is 8.56. The molecule has 1 aromatic carbocycles. The van der Waals surface area contributed by atoms with Crippen LogP contribution in [0.15, 0.2) is 24.3 Å². The number of methoxy groups -OCH3 is 1. The van der Waals surface area contributed by atoms with E-state index in [4.69, 9.17) is 11.6 Å². The lowest BCUT2D eigenvalue weighted by Crippen LogP contribution is -2.31. The van der Waals surface area contributed by atoms with Gasteiger partial charge in [-0.2, -0.15) is 0 Å². The summed E-state index contributed by atoms with van der Waals surface area (Å²) < 4.78 is 17.4. The first-order valence-corrected chi connectivity index (χ1v) is 5.78. The summed E-state index contributed by atoms with van der Waals surface area (Å²) in [6, 6.07) is 4.93. The predicted molar refractivity (Wildman–Crippen MR) is 64.6 cm³/mol. The summed E-state index contributed by atoms with van der Waals surface area (Å²) in [5.74, 6) is -1.48. The summed E-state index contributed by atoms with van der Waals surface area (Å²) in [5, 5.41) is 2.57. The van der Waals surface area contributed by atoms with Crippen molar-refractivity contribution in [2.45, 2.75) is 12.5 Å². The van der Waals surface area contributed by atoms with Gasteiger partial charge in [-0.05, 0) is 17.7 Å². The molecule has 0 fully saturated rings. The van der Waals surface area contributed by atoms with Crippen LogP contribution < -0.4 is 5.32 Å². The van der Waals surface area contributed by atoms with Crippen molar-refractivity contribution in [3.05, 3.63) is 35.6 Å². The molecule has 1 amide bonds. The average molecular weight is 274 g/mol. The molecule has 0 saturated heterocycles. The zero-order valence-electron chi connectivity index (χ0n) is 9.78. The first-order valence-electron chi connectivity index (χ1n) is 5.24. The number of esters is 1. The van der Waals surface area contributed by atoms with E-state index in [0.29, 0.717) is 5.56 Å². The number of carbonyl (C=O) groups is 2. The second-order valence-corrected chi connectivity index (χ2v) is 3.85. The van der Waals surface area contributed by atoms with E-state index in [-0.39, 0.29) is 18.1 Å². The molecular weight excluding hydrogens is 261 g/mol. The number of nitrogens with one attached hydrogen (secondary N) is 1. The Bertz CT molecular complexity index is 404. The monoisotopic (exact) mass is 273 g/mol. The molecule has 98 valence electrons. The average Bonchev–Trinajstić information content (AvgIpc) is 2.38. The molecule has 0 aliphatic heterocycles. The van der Waals surface area contributed by atoms with E-state index in [1.807, 2.05) is 0 Å². The highest BCUT2D eigenvalue weighted by Gasteiger charge is 2.18. The molecule has 0 spiro atoms. The van der Waals surface area contributed by atoms with Gasteiger partial charge in [-0.3, -0.25) is 9.59 Å². The maximum atomic E-state index is 12.8. The highest BCUT2D eigenvalue weighted by Crippen LogP contribution is 2.18. The molecule has 6 heteroatoms. The quantitative estimate of drug-likeness (QED) is 0.657. The van der Waals surface area contributed by atoms with Crippen LogP contribution in [0.25, 0.3) is 0 Å². The van der Waals surface area contributed by atoms with Gasteiger partial charge in [0.15, 0.2) is 0 Å².